The fraction of sp³-hybridized carbons (Fsp3) is 0.412. The van der Waals surface area contributed by atoms with Gasteiger partial charge in [-0.2, -0.15) is 0 Å². The maximum Gasteiger partial charge on any atom is 0.0376 e. The zero-order valence-electron chi connectivity index (χ0n) is 12.1. The van der Waals surface area contributed by atoms with E-state index in [-0.39, 0.29) is 6.04 Å². The molecule has 2 unspecified atom stereocenters. The van der Waals surface area contributed by atoms with Crippen LogP contribution in [0.2, 0.25) is 0 Å². The van der Waals surface area contributed by atoms with Crippen molar-refractivity contribution < 1.29 is 0 Å². The number of nitrogens with two attached hydrogens (primary N) is 1. The molecule has 3 rings (SSSR count). The highest BCUT2D eigenvalue weighted by molar-refractivity contribution is 7.09. The highest BCUT2D eigenvalue weighted by atomic mass is 32.1. The van der Waals surface area contributed by atoms with Gasteiger partial charge in [0.15, 0.2) is 0 Å². The van der Waals surface area contributed by atoms with Crippen LogP contribution in [0.25, 0.3) is 0 Å². The van der Waals surface area contributed by atoms with E-state index in [2.05, 4.69) is 60.5 Å². The molecule has 0 saturated carbocycles. The minimum Gasteiger partial charge on any atom is -0.324 e. The molecule has 0 radical (unpaired) electrons. The van der Waals surface area contributed by atoms with Crippen LogP contribution < -0.4 is 5.73 Å². The number of thiophene rings is 1. The van der Waals surface area contributed by atoms with E-state index in [1.807, 2.05) is 11.3 Å². The summed E-state index contributed by atoms with van der Waals surface area (Å²) in [5.41, 5.74) is 9.07. The van der Waals surface area contributed by atoms with Crippen LogP contribution in [0.5, 0.6) is 0 Å². The Kier molecular flexibility index (Phi) is 3.92. The lowest BCUT2D eigenvalue weighted by Crippen LogP contribution is -2.33. The Labute approximate surface area is 125 Å². The molecule has 2 nitrogen and oxygen atoms in total. The Morgan fingerprint density at radius 2 is 1.95 bits per heavy atom. The molecule has 0 saturated heterocycles. The summed E-state index contributed by atoms with van der Waals surface area (Å²) < 4.78 is 0. The van der Waals surface area contributed by atoms with E-state index in [1.165, 1.54) is 16.0 Å². The first-order valence-corrected chi connectivity index (χ1v) is 8.17. The average molecular weight is 286 g/mol. The standard InChI is InChI=1S/C17H22N2S/c1-12(2)19(11-13-6-5-9-20-13)17-10-16(18)14-7-3-4-8-15(14)17/h3-9,12,16-17H,10-11,18H2,1-2H3. The van der Waals surface area contributed by atoms with Crippen molar-refractivity contribution in [3.8, 4) is 0 Å². The summed E-state index contributed by atoms with van der Waals surface area (Å²) in [6.45, 7) is 5.57. The van der Waals surface area contributed by atoms with Gasteiger partial charge in [0, 0.05) is 29.5 Å². The number of nitrogens with zero attached hydrogens (tertiary/aromatic N) is 1. The molecule has 20 heavy (non-hydrogen) atoms. The highest BCUT2D eigenvalue weighted by Crippen LogP contribution is 2.42. The lowest BCUT2D eigenvalue weighted by Gasteiger charge is -2.33. The Morgan fingerprint density at radius 3 is 2.60 bits per heavy atom. The summed E-state index contributed by atoms with van der Waals surface area (Å²) >= 11 is 1.84. The fourth-order valence-corrected chi connectivity index (χ4v) is 3.91. The van der Waals surface area contributed by atoms with Crippen molar-refractivity contribution >= 4 is 11.3 Å². The number of hydrogen-bond acceptors (Lipinski definition) is 3. The lowest BCUT2D eigenvalue weighted by molar-refractivity contribution is 0.141. The van der Waals surface area contributed by atoms with Gasteiger partial charge >= 0.3 is 0 Å². The summed E-state index contributed by atoms with van der Waals surface area (Å²) in [7, 11) is 0. The normalized spacial score (nSPS) is 21.6. The molecule has 1 aromatic heterocycles. The average Bonchev–Trinajstić information content (AvgIpc) is 3.05. The van der Waals surface area contributed by atoms with Crippen LogP contribution in [-0.2, 0) is 6.54 Å². The monoisotopic (exact) mass is 286 g/mol. The van der Waals surface area contributed by atoms with Crippen LogP contribution in [0.4, 0.5) is 0 Å². The first-order chi connectivity index (χ1) is 9.66. The third-order valence-electron chi connectivity index (χ3n) is 4.21. The largest absolute Gasteiger partial charge is 0.324 e. The molecular weight excluding hydrogens is 264 g/mol. The van der Waals surface area contributed by atoms with E-state index in [9.17, 15) is 0 Å². The smallest absolute Gasteiger partial charge is 0.0376 e. The maximum absolute atomic E-state index is 6.32. The van der Waals surface area contributed by atoms with Crippen LogP contribution >= 0.6 is 11.3 Å². The molecule has 1 aromatic carbocycles. The van der Waals surface area contributed by atoms with Gasteiger partial charge in [0.2, 0.25) is 0 Å². The molecule has 0 fully saturated rings. The van der Waals surface area contributed by atoms with E-state index < -0.39 is 0 Å². The molecule has 2 N–H and O–H groups in total. The molecular formula is C17H22N2S. The van der Waals surface area contributed by atoms with Gasteiger partial charge in [0.05, 0.1) is 0 Å². The number of hydrogen-bond donors (Lipinski definition) is 1. The first kappa shape index (κ1) is 13.8. The molecule has 0 amide bonds. The molecule has 1 aliphatic rings. The third-order valence-corrected chi connectivity index (χ3v) is 5.07. The van der Waals surface area contributed by atoms with Crippen LogP contribution in [0.1, 0.15) is 48.4 Å². The van der Waals surface area contributed by atoms with Crippen LogP contribution in [0.3, 0.4) is 0 Å². The van der Waals surface area contributed by atoms with Crippen LogP contribution in [-0.4, -0.2) is 10.9 Å². The van der Waals surface area contributed by atoms with Crippen molar-refractivity contribution in [3.63, 3.8) is 0 Å². The van der Waals surface area contributed by atoms with Gasteiger partial charge in [0.25, 0.3) is 0 Å². The summed E-state index contributed by atoms with van der Waals surface area (Å²) in [6.07, 6.45) is 1.03. The fourth-order valence-electron chi connectivity index (χ4n) is 3.20. The van der Waals surface area contributed by atoms with Crippen molar-refractivity contribution in [2.75, 3.05) is 0 Å². The number of rotatable bonds is 4. The Hall–Kier alpha value is -1.16. The van der Waals surface area contributed by atoms with Gasteiger partial charge in [-0.05, 0) is 42.8 Å². The molecule has 3 heteroatoms. The predicted molar refractivity (Wildman–Crippen MR) is 85.7 cm³/mol. The summed E-state index contributed by atoms with van der Waals surface area (Å²) in [4.78, 5) is 4.01. The molecule has 2 atom stereocenters. The van der Waals surface area contributed by atoms with Crippen molar-refractivity contribution in [1.29, 1.82) is 0 Å². The second-order valence-electron chi connectivity index (χ2n) is 5.83. The van der Waals surface area contributed by atoms with Crippen molar-refractivity contribution in [2.45, 2.75) is 44.9 Å². The maximum atomic E-state index is 6.32. The van der Waals surface area contributed by atoms with Gasteiger partial charge in [-0.3, -0.25) is 4.90 Å². The Morgan fingerprint density at radius 1 is 1.20 bits per heavy atom. The quantitative estimate of drug-likeness (QED) is 0.916. The minimum absolute atomic E-state index is 0.181. The summed E-state index contributed by atoms with van der Waals surface area (Å²) in [6, 6.07) is 14.2. The van der Waals surface area contributed by atoms with Crippen LogP contribution in [0, 0.1) is 0 Å². The number of fused-ring (bicyclic) bond motifs is 1. The summed E-state index contributed by atoms with van der Waals surface area (Å²) in [5.74, 6) is 0. The van der Waals surface area contributed by atoms with E-state index in [4.69, 9.17) is 5.73 Å². The Bertz CT molecular complexity index is 562. The molecule has 2 aromatic rings. The topological polar surface area (TPSA) is 29.3 Å². The van der Waals surface area contributed by atoms with E-state index in [0.717, 1.165) is 13.0 Å². The summed E-state index contributed by atoms with van der Waals surface area (Å²) in [5, 5.41) is 2.15. The molecule has 0 spiro atoms. The van der Waals surface area contributed by atoms with E-state index >= 15 is 0 Å². The first-order valence-electron chi connectivity index (χ1n) is 7.29. The SMILES string of the molecule is CC(C)N(Cc1cccs1)C1CC(N)c2ccccc21. The van der Waals surface area contributed by atoms with Crippen molar-refractivity contribution in [3.05, 3.63) is 57.8 Å². The molecule has 106 valence electrons. The van der Waals surface area contributed by atoms with Gasteiger partial charge in [-0.25, -0.2) is 0 Å². The second kappa shape index (κ2) is 5.68. The molecule has 1 heterocycles. The predicted octanol–water partition coefficient (Wildman–Crippen LogP) is 4.10. The van der Waals surface area contributed by atoms with Gasteiger partial charge in [-0.1, -0.05) is 30.3 Å². The van der Waals surface area contributed by atoms with Gasteiger partial charge in [-0.15, -0.1) is 11.3 Å². The molecule has 0 aliphatic heterocycles. The Balaban J connectivity index is 1.89. The van der Waals surface area contributed by atoms with Crippen molar-refractivity contribution in [2.24, 2.45) is 5.73 Å². The van der Waals surface area contributed by atoms with Gasteiger partial charge < -0.3 is 5.73 Å². The molecule has 1 aliphatic carbocycles. The molecule has 0 bridgehead atoms. The number of benzene rings is 1. The van der Waals surface area contributed by atoms with E-state index in [0.29, 0.717) is 12.1 Å². The minimum atomic E-state index is 0.181. The lowest BCUT2D eigenvalue weighted by atomic mass is 10.1. The third kappa shape index (κ3) is 2.53. The zero-order chi connectivity index (χ0) is 14.1. The van der Waals surface area contributed by atoms with Crippen LogP contribution in [0.15, 0.2) is 41.8 Å². The second-order valence-corrected chi connectivity index (χ2v) is 6.86. The van der Waals surface area contributed by atoms with E-state index in [1.54, 1.807) is 0 Å². The zero-order valence-corrected chi connectivity index (χ0v) is 12.9. The van der Waals surface area contributed by atoms with Crippen molar-refractivity contribution in [1.82, 2.24) is 4.90 Å². The van der Waals surface area contributed by atoms with Gasteiger partial charge in [0.1, 0.15) is 0 Å². The highest BCUT2D eigenvalue weighted by Gasteiger charge is 2.33.